The first kappa shape index (κ1) is 14.7. The van der Waals surface area contributed by atoms with Gasteiger partial charge in [-0.15, -0.1) is 0 Å². The third-order valence-electron chi connectivity index (χ3n) is 3.68. The molecule has 1 aliphatic rings. The number of halogens is 1. The van der Waals surface area contributed by atoms with E-state index in [2.05, 4.69) is 35.8 Å². The third-order valence-corrected chi connectivity index (χ3v) is 4.30. The van der Waals surface area contributed by atoms with E-state index in [1.165, 1.54) is 5.56 Å². The van der Waals surface area contributed by atoms with Crippen LogP contribution < -0.4 is 9.47 Å². The second kappa shape index (κ2) is 6.14. The Balaban J connectivity index is 2.13. The van der Waals surface area contributed by atoms with Crippen LogP contribution in [0.2, 0.25) is 0 Å². The highest BCUT2D eigenvalue weighted by atomic mass is 79.9. The molecule has 0 aliphatic carbocycles. The Morgan fingerprint density at radius 1 is 1.26 bits per heavy atom. The first-order chi connectivity index (χ1) is 9.10. The molecule has 0 bridgehead atoms. The van der Waals surface area contributed by atoms with E-state index in [-0.39, 0.29) is 0 Å². The minimum absolute atomic E-state index is 0.399. The average molecular weight is 329 g/mol. The molecule has 1 aromatic carbocycles. The summed E-state index contributed by atoms with van der Waals surface area (Å²) in [5, 5.41) is 0. The van der Waals surface area contributed by atoms with Crippen molar-refractivity contribution in [2.45, 2.75) is 38.9 Å². The van der Waals surface area contributed by atoms with Crippen molar-refractivity contribution in [3.8, 4) is 11.5 Å². The largest absolute Gasteiger partial charge is 0.496 e. The first-order valence-electron chi connectivity index (χ1n) is 6.66. The van der Waals surface area contributed by atoms with Crippen molar-refractivity contribution in [3.63, 3.8) is 0 Å². The van der Waals surface area contributed by atoms with Crippen LogP contribution in [-0.2, 0) is 11.2 Å². The minimum Gasteiger partial charge on any atom is -0.496 e. The van der Waals surface area contributed by atoms with Crippen LogP contribution in [-0.4, -0.2) is 26.4 Å². The van der Waals surface area contributed by atoms with Crippen molar-refractivity contribution in [2.75, 3.05) is 14.2 Å². The monoisotopic (exact) mass is 328 g/mol. The quantitative estimate of drug-likeness (QED) is 0.744. The maximum Gasteiger partial charge on any atom is 0.136 e. The molecule has 1 fully saturated rings. The Hall–Kier alpha value is -0.740. The molecule has 2 rings (SSSR count). The summed E-state index contributed by atoms with van der Waals surface area (Å²) >= 11 is 3.53. The molecule has 1 saturated heterocycles. The fourth-order valence-electron chi connectivity index (χ4n) is 2.53. The summed E-state index contributed by atoms with van der Waals surface area (Å²) in [6, 6.07) is 4.01. The molecule has 0 spiro atoms. The zero-order valence-corrected chi connectivity index (χ0v) is 13.5. The molecule has 0 N–H and O–H groups in total. The van der Waals surface area contributed by atoms with Crippen molar-refractivity contribution in [3.05, 3.63) is 22.2 Å². The van der Waals surface area contributed by atoms with Gasteiger partial charge in [0.25, 0.3) is 0 Å². The fourth-order valence-corrected chi connectivity index (χ4v) is 3.08. The molecule has 3 nitrogen and oxygen atoms in total. The van der Waals surface area contributed by atoms with Gasteiger partial charge in [-0.05, 0) is 46.3 Å². The smallest absolute Gasteiger partial charge is 0.136 e. The molecule has 1 heterocycles. The maximum absolute atomic E-state index is 5.67. The van der Waals surface area contributed by atoms with Gasteiger partial charge in [0.15, 0.2) is 0 Å². The average Bonchev–Trinajstić information content (AvgIpc) is 3.18. The van der Waals surface area contributed by atoms with E-state index in [4.69, 9.17) is 14.2 Å². The maximum atomic E-state index is 5.67. The molecule has 4 heteroatoms. The summed E-state index contributed by atoms with van der Waals surface area (Å²) < 4.78 is 17.4. The highest BCUT2D eigenvalue weighted by Gasteiger charge is 2.41. The number of hydrogen-bond acceptors (Lipinski definition) is 3. The zero-order valence-electron chi connectivity index (χ0n) is 11.9. The van der Waals surface area contributed by atoms with E-state index in [0.717, 1.165) is 28.8 Å². The summed E-state index contributed by atoms with van der Waals surface area (Å²) in [5.41, 5.74) is 1.19. The van der Waals surface area contributed by atoms with Crippen molar-refractivity contribution >= 4 is 15.9 Å². The Morgan fingerprint density at radius 2 is 1.95 bits per heavy atom. The molecule has 0 radical (unpaired) electrons. The van der Waals surface area contributed by atoms with Gasteiger partial charge in [-0.25, -0.2) is 0 Å². The van der Waals surface area contributed by atoms with Gasteiger partial charge >= 0.3 is 0 Å². The normalized spacial score (nSPS) is 23.0. The molecule has 3 atom stereocenters. The summed E-state index contributed by atoms with van der Waals surface area (Å²) in [6.07, 6.45) is 2.89. The van der Waals surface area contributed by atoms with Gasteiger partial charge in [0.1, 0.15) is 11.5 Å². The van der Waals surface area contributed by atoms with Gasteiger partial charge in [-0.2, -0.15) is 0 Å². The van der Waals surface area contributed by atoms with Crippen molar-refractivity contribution < 1.29 is 14.2 Å². The lowest BCUT2D eigenvalue weighted by molar-refractivity contribution is 0.320. The molecular formula is C15H21BrO3. The van der Waals surface area contributed by atoms with E-state index < -0.39 is 0 Å². The predicted octanol–water partition coefficient (Wildman–Crippen LogP) is 3.82. The molecule has 1 aromatic rings. The second-order valence-electron chi connectivity index (χ2n) is 5.03. The topological polar surface area (TPSA) is 31.0 Å². The predicted molar refractivity (Wildman–Crippen MR) is 79.1 cm³/mol. The molecule has 0 amide bonds. The molecule has 19 heavy (non-hydrogen) atoms. The summed E-state index contributed by atoms with van der Waals surface area (Å²) in [7, 11) is 3.35. The standard InChI is InChI=1S/C15H21BrO3/c1-5-12-15(19-12)9(2)6-10-7-11(16)14(18-4)8-13(10)17-3/h7-9,12,15H,5-6H2,1-4H3. The van der Waals surface area contributed by atoms with Gasteiger partial charge in [-0.1, -0.05) is 13.8 Å². The van der Waals surface area contributed by atoms with Crippen LogP contribution in [0.15, 0.2) is 16.6 Å². The van der Waals surface area contributed by atoms with Crippen LogP contribution in [0.3, 0.4) is 0 Å². The lowest BCUT2D eigenvalue weighted by Gasteiger charge is -2.15. The van der Waals surface area contributed by atoms with Gasteiger partial charge in [0.2, 0.25) is 0 Å². The van der Waals surface area contributed by atoms with Crippen molar-refractivity contribution in [2.24, 2.45) is 5.92 Å². The molecule has 1 aliphatic heterocycles. The summed E-state index contributed by atoms with van der Waals surface area (Å²) in [4.78, 5) is 0. The molecule has 0 aromatic heterocycles. The number of methoxy groups -OCH3 is 2. The van der Waals surface area contributed by atoms with Crippen molar-refractivity contribution in [1.82, 2.24) is 0 Å². The molecule has 106 valence electrons. The number of epoxide rings is 1. The van der Waals surface area contributed by atoms with Crippen LogP contribution in [0, 0.1) is 5.92 Å². The van der Waals surface area contributed by atoms with Gasteiger partial charge < -0.3 is 14.2 Å². The van der Waals surface area contributed by atoms with Gasteiger partial charge in [0.05, 0.1) is 30.9 Å². The summed E-state index contributed by atoms with van der Waals surface area (Å²) in [5.74, 6) is 2.17. The van der Waals surface area contributed by atoms with Crippen LogP contribution in [0.4, 0.5) is 0 Å². The SMILES string of the molecule is CCC1OC1C(C)Cc1cc(Br)c(OC)cc1OC. The Morgan fingerprint density at radius 3 is 2.47 bits per heavy atom. The van der Waals surface area contributed by atoms with Gasteiger partial charge in [0, 0.05) is 6.07 Å². The Labute approximate surface area is 123 Å². The lowest BCUT2D eigenvalue weighted by atomic mass is 9.95. The fraction of sp³-hybridized carbons (Fsp3) is 0.600. The van der Waals surface area contributed by atoms with Crippen LogP contribution in [0.5, 0.6) is 11.5 Å². The van der Waals surface area contributed by atoms with E-state index in [1.54, 1.807) is 14.2 Å². The highest BCUT2D eigenvalue weighted by Crippen LogP contribution is 2.38. The zero-order chi connectivity index (χ0) is 14.0. The second-order valence-corrected chi connectivity index (χ2v) is 5.88. The molecule has 3 unspecified atom stereocenters. The third kappa shape index (κ3) is 3.23. The number of ether oxygens (including phenoxy) is 3. The highest BCUT2D eigenvalue weighted by molar-refractivity contribution is 9.10. The number of rotatable bonds is 6. The first-order valence-corrected chi connectivity index (χ1v) is 7.45. The van der Waals surface area contributed by atoms with E-state index in [9.17, 15) is 0 Å². The number of benzene rings is 1. The summed E-state index contributed by atoms with van der Waals surface area (Å²) in [6.45, 7) is 4.40. The van der Waals surface area contributed by atoms with Crippen LogP contribution in [0.1, 0.15) is 25.8 Å². The van der Waals surface area contributed by atoms with E-state index in [0.29, 0.717) is 18.1 Å². The molecule has 0 saturated carbocycles. The van der Waals surface area contributed by atoms with Gasteiger partial charge in [-0.3, -0.25) is 0 Å². The Bertz CT molecular complexity index is 447. The van der Waals surface area contributed by atoms with Crippen LogP contribution >= 0.6 is 15.9 Å². The number of hydrogen-bond donors (Lipinski definition) is 0. The van der Waals surface area contributed by atoms with Crippen LogP contribution in [0.25, 0.3) is 0 Å². The lowest BCUT2D eigenvalue weighted by Crippen LogP contribution is -2.10. The minimum atomic E-state index is 0.399. The Kier molecular flexibility index (Phi) is 4.74. The van der Waals surface area contributed by atoms with E-state index >= 15 is 0 Å². The van der Waals surface area contributed by atoms with E-state index in [1.807, 2.05) is 6.07 Å². The van der Waals surface area contributed by atoms with Crippen molar-refractivity contribution in [1.29, 1.82) is 0 Å². The molecular weight excluding hydrogens is 308 g/mol.